The van der Waals surface area contributed by atoms with Crippen LogP contribution < -0.4 is 0 Å². The largest absolute Gasteiger partial charge is 0.508 e. The topological polar surface area (TPSA) is 57.5 Å². The van der Waals surface area contributed by atoms with Gasteiger partial charge in [-0.25, -0.2) is 0 Å². The van der Waals surface area contributed by atoms with Crippen molar-refractivity contribution in [2.24, 2.45) is 0 Å². The lowest BCUT2D eigenvalue weighted by Crippen LogP contribution is -1.80. The van der Waals surface area contributed by atoms with E-state index in [4.69, 9.17) is 10.2 Å². The zero-order chi connectivity index (χ0) is 12.5. The second-order valence-corrected chi connectivity index (χ2v) is 3.32. The molecule has 3 heteroatoms. The predicted molar refractivity (Wildman–Crippen MR) is 68.0 cm³/mol. The maximum absolute atomic E-state index is 10.0. The first-order chi connectivity index (χ1) is 8.27. The Hall–Kier alpha value is -2.13. The van der Waals surface area contributed by atoms with E-state index in [-0.39, 0.29) is 13.8 Å². The van der Waals surface area contributed by atoms with Gasteiger partial charge in [0.05, 0.1) is 6.61 Å². The summed E-state index contributed by atoms with van der Waals surface area (Å²) in [5, 5.41) is 17.5. The fourth-order valence-electron chi connectivity index (χ4n) is 1.18. The zero-order valence-electron chi connectivity index (χ0n) is 9.28. The molecular weight excluding hydrogens is 216 g/mol. The second kappa shape index (κ2) is 7.19. The van der Waals surface area contributed by atoms with E-state index in [1.165, 1.54) is 0 Å². The van der Waals surface area contributed by atoms with Crippen molar-refractivity contribution in [2.45, 2.75) is 6.61 Å². The van der Waals surface area contributed by atoms with Gasteiger partial charge in [-0.2, -0.15) is 0 Å². The molecule has 2 rings (SSSR count). The molecule has 0 bridgehead atoms. The lowest BCUT2D eigenvalue weighted by Gasteiger charge is -1.96. The Morgan fingerprint density at radius 3 is 2.00 bits per heavy atom. The Bertz CT molecular complexity index is 458. The van der Waals surface area contributed by atoms with Crippen molar-refractivity contribution in [2.75, 3.05) is 0 Å². The Labute approximate surface area is 101 Å². The predicted octanol–water partition coefficient (Wildman–Crippen LogP) is 2.63. The number of hydrogen-bond acceptors (Lipinski definition) is 3. The molecule has 2 aromatic rings. The van der Waals surface area contributed by atoms with Gasteiger partial charge in [0.1, 0.15) is 12.0 Å². The van der Waals surface area contributed by atoms with Crippen molar-refractivity contribution >= 4 is 6.29 Å². The quantitative estimate of drug-likeness (QED) is 0.784. The molecule has 2 N–H and O–H groups in total. The van der Waals surface area contributed by atoms with Crippen LogP contribution in [0.2, 0.25) is 0 Å². The van der Waals surface area contributed by atoms with Crippen LogP contribution in [0.1, 0.15) is 17.3 Å². The van der Waals surface area contributed by atoms with Crippen LogP contribution in [0.5, 0.6) is 5.75 Å². The average molecular weight is 233 g/mol. The van der Waals surface area contributed by atoms with Crippen LogP contribution in [-0.4, -0.2) is 16.5 Å². The average Bonchev–Trinajstić information content (AvgIpc) is 2.41. The van der Waals surface area contributed by atoms with E-state index in [2.05, 4.69) is 0 Å². The normalized spacial score (nSPS) is 9.00. The zero-order valence-corrected chi connectivity index (χ0v) is 9.28. The molecule has 0 aromatic heterocycles. The number of aliphatic hydroxyl groups is 1. The van der Waals surface area contributed by atoms with Gasteiger partial charge in [-0.1, -0.05) is 48.5 Å². The van der Waals surface area contributed by atoms with Crippen LogP contribution in [0.4, 0.5) is 0 Å². The molecule has 0 saturated heterocycles. The van der Waals surface area contributed by atoms with Gasteiger partial charge in [0.25, 0.3) is 0 Å². The summed E-state index contributed by atoms with van der Waals surface area (Å²) >= 11 is 0. The smallest absolute Gasteiger partial charge is 0.150 e. The summed E-state index contributed by atoms with van der Waals surface area (Å²) in [5.74, 6) is 0.153. The van der Waals surface area contributed by atoms with Gasteiger partial charge in [-0.15, -0.1) is 0 Å². The van der Waals surface area contributed by atoms with Crippen LogP contribution in [0.15, 0.2) is 54.6 Å². The standard InChI is InChI=1S/C7H8O2.C7H6O.H2/c8-5-6-3-1-2-4-7(6)9;8-6-7-4-2-1-3-5-7;/h1-4,8-9H,5H2;1-6H;1H/i;;1+1. The van der Waals surface area contributed by atoms with Crippen molar-refractivity contribution in [1.82, 2.24) is 0 Å². The molecule has 0 radical (unpaired) electrons. The van der Waals surface area contributed by atoms with Gasteiger partial charge in [0.2, 0.25) is 0 Å². The molecule has 3 nitrogen and oxygen atoms in total. The first-order valence-corrected chi connectivity index (χ1v) is 5.16. The molecule has 0 amide bonds. The third kappa shape index (κ3) is 4.49. The van der Waals surface area contributed by atoms with Gasteiger partial charge in [-0.05, 0) is 6.07 Å². The Balaban J connectivity index is 0.000000306. The van der Waals surface area contributed by atoms with Gasteiger partial charge < -0.3 is 10.2 Å². The minimum absolute atomic E-state index is 0. The molecule has 0 aliphatic heterocycles. The number of rotatable bonds is 2. The summed E-state index contributed by atoms with van der Waals surface area (Å²) in [6.07, 6.45) is 0.833. The molecule has 0 aliphatic rings. The number of carbonyl (C=O) groups is 1. The molecule has 17 heavy (non-hydrogen) atoms. The summed E-state index contributed by atoms with van der Waals surface area (Å²) in [4.78, 5) is 10.0. The van der Waals surface area contributed by atoms with Gasteiger partial charge in [-0.3, -0.25) is 4.79 Å². The fourth-order valence-corrected chi connectivity index (χ4v) is 1.18. The van der Waals surface area contributed by atoms with Gasteiger partial charge in [0, 0.05) is 12.6 Å². The van der Waals surface area contributed by atoms with E-state index in [9.17, 15) is 4.79 Å². The number of aldehydes is 1. The first-order valence-electron chi connectivity index (χ1n) is 5.16. The van der Waals surface area contributed by atoms with E-state index >= 15 is 0 Å². The molecule has 0 aliphatic carbocycles. The fraction of sp³-hybridized carbons (Fsp3) is 0.0714. The van der Waals surface area contributed by atoms with Gasteiger partial charge >= 0.3 is 0 Å². The third-order valence-electron chi connectivity index (χ3n) is 2.10. The number of phenols is 1. The van der Waals surface area contributed by atoms with E-state index in [1.807, 2.05) is 18.2 Å². The van der Waals surface area contributed by atoms with E-state index in [0.717, 1.165) is 11.8 Å². The molecule has 2 aromatic carbocycles. The van der Waals surface area contributed by atoms with Crippen LogP contribution >= 0.6 is 0 Å². The molecular formula is C14H16O3. The minimum atomic E-state index is -0.104. The molecule has 0 spiro atoms. The van der Waals surface area contributed by atoms with Crippen molar-refractivity contribution in [3.63, 3.8) is 0 Å². The van der Waals surface area contributed by atoms with E-state index in [1.54, 1.807) is 36.4 Å². The molecule has 0 unspecified atom stereocenters. The second-order valence-electron chi connectivity index (χ2n) is 3.32. The molecule has 0 atom stereocenters. The molecule has 0 heterocycles. The van der Waals surface area contributed by atoms with Crippen LogP contribution in [-0.2, 0) is 6.61 Å². The summed E-state index contributed by atoms with van der Waals surface area (Å²) in [5.41, 5.74) is 1.30. The maximum atomic E-state index is 10.0. The van der Waals surface area contributed by atoms with E-state index in [0.29, 0.717) is 5.56 Å². The SMILES string of the molecule is O=Cc1ccccc1.OCc1ccccc1O.[2HH]. The highest BCUT2D eigenvalue weighted by molar-refractivity contribution is 5.74. The maximum Gasteiger partial charge on any atom is 0.150 e. The van der Waals surface area contributed by atoms with Crippen molar-refractivity contribution < 1.29 is 16.4 Å². The highest BCUT2D eigenvalue weighted by Crippen LogP contribution is 2.14. The molecule has 90 valence electrons. The van der Waals surface area contributed by atoms with Crippen LogP contribution in [0.25, 0.3) is 0 Å². The number of carbonyl (C=O) groups excluding carboxylic acids is 1. The van der Waals surface area contributed by atoms with Crippen LogP contribution in [0, 0.1) is 0 Å². The number of hydrogen-bond donors (Lipinski definition) is 2. The number of para-hydroxylation sites is 1. The molecule has 0 fully saturated rings. The van der Waals surface area contributed by atoms with Crippen molar-refractivity contribution in [3.05, 3.63) is 65.7 Å². The van der Waals surface area contributed by atoms with Crippen molar-refractivity contribution in [3.8, 4) is 5.75 Å². The minimum Gasteiger partial charge on any atom is -0.508 e. The lowest BCUT2D eigenvalue weighted by atomic mass is 10.2. The number of aliphatic hydroxyl groups excluding tert-OH is 1. The summed E-state index contributed by atoms with van der Waals surface area (Å²) in [6, 6.07) is 15.8. The number of aromatic hydroxyl groups is 1. The number of benzene rings is 2. The van der Waals surface area contributed by atoms with Crippen LogP contribution in [0.3, 0.4) is 0 Å². The summed E-state index contributed by atoms with van der Waals surface area (Å²) in [7, 11) is 0. The summed E-state index contributed by atoms with van der Waals surface area (Å²) < 4.78 is 0. The summed E-state index contributed by atoms with van der Waals surface area (Å²) in [6.45, 7) is -0.104. The first kappa shape index (κ1) is 12.9. The Kier molecular flexibility index (Phi) is 5.47. The molecule has 0 saturated carbocycles. The van der Waals surface area contributed by atoms with Crippen molar-refractivity contribution in [1.29, 1.82) is 0 Å². The Morgan fingerprint density at radius 2 is 1.59 bits per heavy atom. The highest BCUT2D eigenvalue weighted by Gasteiger charge is 1.93. The monoisotopic (exact) mass is 233 g/mol. The highest BCUT2D eigenvalue weighted by atomic mass is 16.3. The Morgan fingerprint density at radius 1 is 1.00 bits per heavy atom. The third-order valence-corrected chi connectivity index (χ3v) is 2.10. The lowest BCUT2D eigenvalue weighted by molar-refractivity contribution is 0.112. The van der Waals surface area contributed by atoms with Gasteiger partial charge in [0.15, 0.2) is 0 Å². The van der Waals surface area contributed by atoms with E-state index < -0.39 is 0 Å².